The number of aryl methyl sites for hydroxylation is 1. The van der Waals surface area contributed by atoms with Crippen molar-refractivity contribution in [2.75, 3.05) is 0 Å². The molecule has 0 saturated heterocycles. The predicted molar refractivity (Wildman–Crippen MR) is 110 cm³/mol. The molecule has 148 valence electrons. The Morgan fingerprint density at radius 1 is 1.03 bits per heavy atom. The third-order valence-electron chi connectivity index (χ3n) is 4.35. The molecule has 3 aromatic rings. The molecule has 1 aliphatic heterocycles. The van der Waals surface area contributed by atoms with Gasteiger partial charge in [-0.25, -0.2) is 19.0 Å². The highest BCUT2D eigenvalue weighted by Crippen LogP contribution is 2.22. The Labute approximate surface area is 172 Å². The third-order valence-corrected chi connectivity index (χ3v) is 4.35. The second kappa shape index (κ2) is 8.13. The first-order valence-corrected chi connectivity index (χ1v) is 9.16. The van der Waals surface area contributed by atoms with E-state index in [1.54, 1.807) is 30.3 Å². The van der Waals surface area contributed by atoms with Crippen molar-refractivity contribution in [2.45, 2.75) is 6.92 Å². The fourth-order valence-corrected chi connectivity index (χ4v) is 2.93. The van der Waals surface area contributed by atoms with Gasteiger partial charge in [0, 0.05) is 5.56 Å². The van der Waals surface area contributed by atoms with E-state index in [1.807, 2.05) is 31.2 Å². The van der Waals surface area contributed by atoms with Crippen molar-refractivity contribution in [1.29, 1.82) is 0 Å². The molecule has 0 spiro atoms. The van der Waals surface area contributed by atoms with E-state index >= 15 is 0 Å². The lowest BCUT2D eigenvalue weighted by molar-refractivity contribution is -0.129. The molecule has 30 heavy (non-hydrogen) atoms. The number of cyclic esters (lactones) is 1. The molecular formula is C24H16FNO4. The van der Waals surface area contributed by atoms with Gasteiger partial charge in [0.2, 0.25) is 5.90 Å². The smallest absolute Gasteiger partial charge is 0.363 e. The summed E-state index contributed by atoms with van der Waals surface area (Å²) in [7, 11) is 0. The molecule has 0 N–H and O–H groups in total. The number of halogens is 1. The van der Waals surface area contributed by atoms with E-state index in [2.05, 4.69) is 4.99 Å². The summed E-state index contributed by atoms with van der Waals surface area (Å²) in [4.78, 5) is 28.7. The van der Waals surface area contributed by atoms with Gasteiger partial charge < -0.3 is 9.47 Å². The fraction of sp³-hybridized carbons (Fsp3) is 0.0417. The van der Waals surface area contributed by atoms with Crippen LogP contribution in [-0.2, 0) is 9.53 Å². The van der Waals surface area contributed by atoms with Crippen LogP contribution in [0.4, 0.5) is 4.39 Å². The van der Waals surface area contributed by atoms with Gasteiger partial charge in [-0.2, -0.15) is 0 Å². The van der Waals surface area contributed by atoms with Crippen molar-refractivity contribution >= 4 is 23.9 Å². The second-order valence-electron chi connectivity index (χ2n) is 6.65. The molecule has 0 fully saturated rings. The topological polar surface area (TPSA) is 65.0 Å². The van der Waals surface area contributed by atoms with E-state index in [0.29, 0.717) is 11.1 Å². The summed E-state index contributed by atoms with van der Waals surface area (Å²) in [6.45, 7) is 1.94. The van der Waals surface area contributed by atoms with Crippen molar-refractivity contribution in [3.63, 3.8) is 0 Å². The molecule has 4 rings (SSSR count). The minimum absolute atomic E-state index is 0.129. The van der Waals surface area contributed by atoms with Crippen LogP contribution in [0.3, 0.4) is 0 Å². The van der Waals surface area contributed by atoms with E-state index in [4.69, 9.17) is 9.47 Å². The highest BCUT2D eigenvalue weighted by atomic mass is 19.1. The maximum atomic E-state index is 13.8. The van der Waals surface area contributed by atoms with Crippen molar-refractivity contribution in [3.8, 4) is 5.75 Å². The van der Waals surface area contributed by atoms with Crippen molar-refractivity contribution in [3.05, 3.63) is 107 Å². The Kier molecular flexibility index (Phi) is 5.22. The lowest BCUT2D eigenvalue weighted by Crippen LogP contribution is -2.10. The second-order valence-corrected chi connectivity index (χ2v) is 6.65. The van der Waals surface area contributed by atoms with Crippen LogP contribution in [0, 0.1) is 12.7 Å². The number of carbonyl (C=O) groups excluding carboxylic acids is 2. The number of esters is 2. The molecule has 0 atom stereocenters. The van der Waals surface area contributed by atoms with E-state index in [0.717, 1.165) is 5.56 Å². The standard InChI is InChI=1S/C24H16FNO4/c1-15-6-4-8-17(12-15)22-26-21(24(28)30-22)14-16-7-5-9-18(13-16)29-23(27)19-10-2-3-11-20(19)25/h2-14H,1H3/b21-14+. The molecule has 0 aliphatic carbocycles. The Balaban J connectivity index is 1.57. The molecule has 0 saturated carbocycles. The van der Waals surface area contributed by atoms with E-state index in [9.17, 15) is 14.0 Å². The molecule has 5 nitrogen and oxygen atoms in total. The van der Waals surface area contributed by atoms with Gasteiger partial charge in [-0.1, -0.05) is 42.0 Å². The number of rotatable bonds is 4. The highest BCUT2D eigenvalue weighted by molar-refractivity contribution is 6.12. The van der Waals surface area contributed by atoms with E-state index < -0.39 is 17.8 Å². The van der Waals surface area contributed by atoms with E-state index in [1.165, 1.54) is 24.3 Å². The minimum Gasteiger partial charge on any atom is -0.423 e. The summed E-state index contributed by atoms with van der Waals surface area (Å²) >= 11 is 0. The van der Waals surface area contributed by atoms with Crippen LogP contribution in [0.15, 0.2) is 83.5 Å². The van der Waals surface area contributed by atoms with Crippen LogP contribution in [0.25, 0.3) is 6.08 Å². The van der Waals surface area contributed by atoms with Gasteiger partial charge >= 0.3 is 11.9 Å². The van der Waals surface area contributed by atoms with E-state index in [-0.39, 0.29) is 22.9 Å². The Morgan fingerprint density at radius 2 is 1.83 bits per heavy atom. The molecule has 1 aliphatic rings. The maximum absolute atomic E-state index is 13.8. The van der Waals surface area contributed by atoms with Crippen LogP contribution in [0.2, 0.25) is 0 Å². The number of benzene rings is 3. The van der Waals surface area contributed by atoms with Gasteiger partial charge in [-0.05, 0) is 55.0 Å². The van der Waals surface area contributed by atoms with Crippen LogP contribution < -0.4 is 4.74 Å². The predicted octanol–water partition coefficient (Wildman–Crippen LogP) is 4.70. The first kappa shape index (κ1) is 19.3. The zero-order valence-electron chi connectivity index (χ0n) is 16.0. The molecule has 6 heteroatoms. The Hall–Kier alpha value is -4.06. The monoisotopic (exact) mass is 401 g/mol. The average molecular weight is 401 g/mol. The van der Waals surface area contributed by atoms with Gasteiger partial charge in [0.05, 0.1) is 5.56 Å². The Bertz CT molecular complexity index is 1210. The van der Waals surface area contributed by atoms with Gasteiger partial charge in [-0.3, -0.25) is 0 Å². The van der Waals surface area contributed by atoms with Crippen LogP contribution >= 0.6 is 0 Å². The summed E-state index contributed by atoms with van der Waals surface area (Å²) in [6, 6.07) is 19.6. The van der Waals surface area contributed by atoms with Crippen molar-refractivity contribution < 1.29 is 23.5 Å². The lowest BCUT2D eigenvalue weighted by atomic mass is 10.1. The maximum Gasteiger partial charge on any atom is 0.363 e. The van der Waals surface area contributed by atoms with Crippen LogP contribution in [0.1, 0.15) is 27.0 Å². The number of carbonyl (C=O) groups is 2. The fourth-order valence-electron chi connectivity index (χ4n) is 2.93. The molecule has 0 unspecified atom stereocenters. The largest absolute Gasteiger partial charge is 0.423 e. The molecule has 0 aromatic heterocycles. The minimum atomic E-state index is -0.807. The normalized spacial score (nSPS) is 14.4. The SMILES string of the molecule is Cc1cccc(C2=N/C(=C/c3cccc(OC(=O)c4ccccc4F)c3)C(=O)O2)c1. The summed E-state index contributed by atoms with van der Waals surface area (Å²) in [6.07, 6.45) is 1.53. The number of nitrogens with zero attached hydrogens (tertiary/aromatic N) is 1. The summed E-state index contributed by atoms with van der Waals surface area (Å²) in [5.41, 5.74) is 2.28. The molecule has 0 bridgehead atoms. The molecular weight excluding hydrogens is 385 g/mol. The lowest BCUT2D eigenvalue weighted by Gasteiger charge is -2.06. The molecule has 3 aromatic carbocycles. The number of hydrogen-bond acceptors (Lipinski definition) is 5. The van der Waals surface area contributed by atoms with Gasteiger partial charge in [0.15, 0.2) is 5.70 Å². The molecule has 1 heterocycles. The van der Waals surface area contributed by atoms with Crippen LogP contribution in [-0.4, -0.2) is 17.8 Å². The summed E-state index contributed by atoms with van der Waals surface area (Å²) in [5.74, 6) is -1.59. The Morgan fingerprint density at radius 3 is 2.63 bits per heavy atom. The molecule has 0 radical (unpaired) electrons. The summed E-state index contributed by atoms with van der Waals surface area (Å²) in [5, 5.41) is 0. The quantitative estimate of drug-likeness (QED) is 0.361. The first-order valence-electron chi connectivity index (χ1n) is 9.16. The van der Waals surface area contributed by atoms with Gasteiger partial charge in [0.25, 0.3) is 0 Å². The zero-order valence-corrected chi connectivity index (χ0v) is 16.0. The summed E-state index contributed by atoms with van der Waals surface area (Å²) < 4.78 is 24.3. The van der Waals surface area contributed by atoms with Crippen molar-refractivity contribution in [2.24, 2.45) is 4.99 Å². The van der Waals surface area contributed by atoms with Gasteiger partial charge in [0.1, 0.15) is 11.6 Å². The molecule has 0 amide bonds. The average Bonchev–Trinajstić information content (AvgIpc) is 3.09. The highest BCUT2D eigenvalue weighted by Gasteiger charge is 2.24. The number of ether oxygens (including phenoxy) is 2. The zero-order chi connectivity index (χ0) is 21.1. The van der Waals surface area contributed by atoms with Crippen LogP contribution in [0.5, 0.6) is 5.75 Å². The number of hydrogen-bond donors (Lipinski definition) is 0. The third kappa shape index (κ3) is 4.17. The number of aliphatic imine (C=N–C) groups is 1. The van der Waals surface area contributed by atoms with Gasteiger partial charge in [-0.15, -0.1) is 0 Å². The first-order chi connectivity index (χ1) is 14.5. The van der Waals surface area contributed by atoms with Crippen molar-refractivity contribution in [1.82, 2.24) is 0 Å².